The van der Waals surface area contributed by atoms with Gasteiger partial charge < -0.3 is 14.8 Å². The molecule has 1 N–H and O–H groups in total. The Hall–Kier alpha value is -1.37. The van der Waals surface area contributed by atoms with Crippen molar-refractivity contribution in [3.8, 4) is 0 Å². The van der Waals surface area contributed by atoms with Crippen molar-refractivity contribution >= 4 is 6.09 Å². The highest BCUT2D eigenvalue weighted by molar-refractivity contribution is 5.68. The van der Waals surface area contributed by atoms with E-state index in [-0.39, 0.29) is 13.2 Å². The highest BCUT2D eigenvalue weighted by Gasteiger charge is 2.42. The minimum Gasteiger partial charge on any atom is -0.444 e. The van der Waals surface area contributed by atoms with E-state index >= 15 is 0 Å². The van der Waals surface area contributed by atoms with Gasteiger partial charge in [-0.2, -0.15) is 0 Å². The number of hydrogen-bond donors (Lipinski definition) is 1. The zero-order valence-corrected chi connectivity index (χ0v) is 10.3. The summed E-state index contributed by atoms with van der Waals surface area (Å²) >= 11 is 0. The smallest absolute Gasteiger partial charge is 0.408 e. The van der Waals surface area contributed by atoms with Crippen LogP contribution in [0.3, 0.4) is 0 Å². The van der Waals surface area contributed by atoms with E-state index in [2.05, 4.69) is 5.32 Å². The lowest BCUT2D eigenvalue weighted by Gasteiger charge is -2.27. The van der Waals surface area contributed by atoms with Crippen LogP contribution in [-0.2, 0) is 9.47 Å². The molecule has 1 aliphatic rings. The first-order chi connectivity index (χ1) is 7.72. The number of nitrogens with one attached hydrogen (secondary N) is 1. The second-order valence-electron chi connectivity index (χ2n) is 5.20. The quantitative estimate of drug-likeness (QED) is 0.591. The summed E-state index contributed by atoms with van der Waals surface area (Å²) in [5, 5.41) is 13.1. The van der Waals surface area contributed by atoms with Gasteiger partial charge in [0.25, 0.3) is 0 Å². The van der Waals surface area contributed by atoms with Crippen LogP contribution in [0, 0.1) is 10.1 Å². The standard InChI is InChI=1S/C10H18N2O5/c1-9(2,3)17-8(13)11-10(6-12(14)15)4-5-16-7-10/h4-7H2,1-3H3,(H,11,13). The first-order valence-corrected chi connectivity index (χ1v) is 5.43. The third-order valence-electron chi connectivity index (χ3n) is 2.30. The van der Waals surface area contributed by atoms with Gasteiger partial charge >= 0.3 is 6.09 Å². The highest BCUT2D eigenvalue weighted by atomic mass is 16.6. The van der Waals surface area contributed by atoms with Gasteiger partial charge in [0.05, 0.1) is 6.61 Å². The molecule has 1 aliphatic heterocycles. The van der Waals surface area contributed by atoms with Gasteiger partial charge in [-0.25, -0.2) is 4.79 Å². The number of rotatable bonds is 3. The SMILES string of the molecule is CC(C)(C)OC(=O)NC1(C[N+](=O)[O-])CCOC1. The Labute approximate surface area is 99.6 Å². The van der Waals surface area contributed by atoms with Gasteiger partial charge in [-0.15, -0.1) is 0 Å². The summed E-state index contributed by atoms with van der Waals surface area (Å²) in [6, 6.07) is 0. The fraction of sp³-hybridized carbons (Fsp3) is 0.900. The summed E-state index contributed by atoms with van der Waals surface area (Å²) in [5.74, 6) is 0. The molecule has 7 nitrogen and oxygen atoms in total. The summed E-state index contributed by atoms with van der Waals surface area (Å²) in [6.45, 7) is 5.40. The lowest BCUT2D eigenvalue weighted by molar-refractivity contribution is -0.490. The van der Waals surface area contributed by atoms with Crippen LogP contribution in [0.5, 0.6) is 0 Å². The molecule has 0 aromatic heterocycles. The molecule has 17 heavy (non-hydrogen) atoms. The minimum absolute atomic E-state index is 0.146. The Balaban J connectivity index is 2.61. The normalized spacial score (nSPS) is 24.4. The molecule has 0 radical (unpaired) electrons. The number of carbonyl (C=O) groups is 1. The Morgan fingerprint density at radius 3 is 2.65 bits per heavy atom. The second-order valence-corrected chi connectivity index (χ2v) is 5.20. The van der Waals surface area contributed by atoms with E-state index in [1.165, 1.54) is 0 Å². The molecule has 1 amide bonds. The Morgan fingerprint density at radius 1 is 1.59 bits per heavy atom. The molecule has 7 heteroatoms. The average molecular weight is 246 g/mol. The fourth-order valence-electron chi connectivity index (χ4n) is 1.64. The van der Waals surface area contributed by atoms with Crippen molar-refractivity contribution in [2.75, 3.05) is 19.8 Å². The van der Waals surface area contributed by atoms with Gasteiger partial charge in [0.15, 0.2) is 0 Å². The number of ether oxygens (including phenoxy) is 2. The Kier molecular flexibility index (Phi) is 3.92. The van der Waals surface area contributed by atoms with E-state index in [0.717, 1.165) is 0 Å². The lowest BCUT2D eigenvalue weighted by atomic mass is 9.99. The molecule has 0 aromatic carbocycles. The van der Waals surface area contributed by atoms with Gasteiger partial charge in [0.1, 0.15) is 11.1 Å². The Morgan fingerprint density at radius 2 is 2.24 bits per heavy atom. The number of carbonyl (C=O) groups excluding carboxylic acids is 1. The maximum atomic E-state index is 11.6. The van der Waals surface area contributed by atoms with Crippen molar-refractivity contribution in [2.45, 2.75) is 38.3 Å². The molecule has 0 spiro atoms. The van der Waals surface area contributed by atoms with Crippen molar-refractivity contribution < 1.29 is 19.2 Å². The van der Waals surface area contributed by atoms with Gasteiger partial charge in [0.2, 0.25) is 6.54 Å². The van der Waals surface area contributed by atoms with Crippen LogP contribution in [0.2, 0.25) is 0 Å². The van der Waals surface area contributed by atoms with Crippen molar-refractivity contribution in [3.05, 3.63) is 10.1 Å². The predicted octanol–water partition coefficient (Wildman–Crippen LogP) is 0.947. The van der Waals surface area contributed by atoms with Crippen molar-refractivity contribution in [1.29, 1.82) is 0 Å². The average Bonchev–Trinajstić information content (AvgIpc) is 2.47. The molecule has 1 unspecified atom stereocenters. The summed E-state index contributed by atoms with van der Waals surface area (Å²) in [7, 11) is 0. The van der Waals surface area contributed by atoms with Gasteiger partial charge in [-0.05, 0) is 20.8 Å². The second kappa shape index (κ2) is 4.87. The summed E-state index contributed by atoms with van der Waals surface area (Å²) < 4.78 is 10.2. The largest absolute Gasteiger partial charge is 0.444 e. The lowest BCUT2D eigenvalue weighted by Crippen LogP contribution is -2.54. The Bertz CT molecular complexity index is 304. The molecule has 0 saturated carbocycles. The van der Waals surface area contributed by atoms with Crippen LogP contribution >= 0.6 is 0 Å². The van der Waals surface area contributed by atoms with Crippen LogP contribution < -0.4 is 5.32 Å². The van der Waals surface area contributed by atoms with E-state index in [1.807, 2.05) is 0 Å². The van der Waals surface area contributed by atoms with Crippen LogP contribution in [-0.4, -0.2) is 41.9 Å². The third kappa shape index (κ3) is 4.56. The first-order valence-electron chi connectivity index (χ1n) is 5.43. The van der Waals surface area contributed by atoms with Crippen molar-refractivity contribution in [1.82, 2.24) is 5.32 Å². The van der Waals surface area contributed by atoms with Crippen LogP contribution in [0.4, 0.5) is 4.79 Å². The molecule has 1 atom stereocenters. The molecular formula is C10H18N2O5. The highest BCUT2D eigenvalue weighted by Crippen LogP contribution is 2.20. The number of nitrogens with zero attached hydrogens (tertiary/aromatic N) is 1. The minimum atomic E-state index is -0.939. The molecule has 1 fully saturated rings. The molecule has 0 aromatic rings. The van der Waals surface area contributed by atoms with E-state index in [1.54, 1.807) is 20.8 Å². The molecule has 1 saturated heterocycles. The zero-order chi connectivity index (χ0) is 13.1. The maximum absolute atomic E-state index is 11.6. The number of hydrogen-bond acceptors (Lipinski definition) is 5. The molecule has 98 valence electrons. The van der Waals surface area contributed by atoms with Crippen molar-refractivity contribution in [2.24, 2.45) is 0 Å². The van der Waals surface area contributed by atoms with Gasteiger partial charge in [-0.3, -0.25) is 10.1 Å². The topological polar surface area (TPSA) is 90.7 Å². The van der Waals surface area contributed by atoms with E-state index in [9.17, 15) is 14.9 Å². The van der Waals surface area contributed by atoms with E-state index in [0.29, 0.717) is 13.0 Å². The van der Waals surface area contributed by atoms with E-state index in [4.69, 9.17) is 9.47 Å². The number of amides is 1. The van der Waals surface area contributed by atoms with Gasteiger partial charge in [0, 0.05) is 18.0 Å². The molecule has 0 bridgehead atoms. The number of nitro groups is 1. The molecular weight excluding hydrogens is 228 g/mol. The third-order valence-corrected chi connectivity index (χ3v) is 2.30. The maximum Gasteiger partial charge on any atom is 0.408 e. The molecule has 0 aliphatic carbocycles. The monoisotopic (exact) mass is 246 g/mol. The fourth-order valence-corrected chi connectivity index (χ4v) is 1.64. The summed E-state index contributed by atoms with van der Waals surface area (Å²) in [5.41, 5.74) is -1.56. The summed E-state index contributed by atoms with van der Waals surface area (Å²) in [6.07, 6.45) is -0.224. The van der Waals surface area contributed by atoms with Crippen LogP contribution in [0.15, 0.2) is 0 Å². The molecule has 1 rings (SSSR count). The number of alkyl carbamates (subject to hydrolysis) is 1. The summed E-state index contributed by atoms with van der Waals surface area (Å²) in [4.78, 5) is 21.7. The van der Waals surface area contributed by atoms with Crippen molar-refractivity contribution in [3.63, 3.8) is 0 Å². The predicted molar refractivity (Wildman–Crippen MR) is 59.4 cm³/mol. The first kappa shape index (κ1) is 13.7. The van der Waals surface area contributed by atoms with E-state index < -0.39 is 22.2 Å². The van der Waals surface area contributed by atoms with Gasteiger partial charge in [-0.1, -0.05) is 0 Å². The van der Waals surface area contributed by atoms with Crippen LogP contribution in [0.25, 0.3) is 0 Å². The molecule has 1 heterocycles. The zero-order valence-electron chi connectivity index (χ0n) is 10.3. The van der Waals surface area contributed by atoms with Crippen LogP contribution in [0.1, 0.15) is 27.2 Å².